The Morgan fingerprint density at radius 3 is 2.42 bits per heavy atom. The van der Waals surface area contributed by atoms with Crippen LogP contribution in [0.5, 0.6) is 0 Å². The van der Waals surface area contributed by atoms with Crippen molar-refractivity contribution in [2.24, 2.45) is 0 Å². The second-order valence-corrected chi connectivity index (χ2v) is 9.48. The smallest absolute Gasteiger partial charge is 0.278 e. The number of carbonyl (C=O) groups is 1. The van der Waals surface area contributed by atoms with Crippen molar-refractivity contribution in [2.75, 3.05) is 26.2 Å². The van der Waals surface area contributed by atoms with E-state index in [0.717, 1.165) is 18.4 Å². The van der Waals surface area contributed by atoms with Crippen molar-refractivity contribution in [3.05, 3.63) is 35.9 Å². The highest BCUT2D eigenvalue weighted by Crippen LogP contribution is 2.17. The monoisotopic (exact) mass is 380 g/mol. The molecule has 2 fully saturated rings. The van der Waals surface area contributed by atoms with Gasteiger partial charge in [-0.2, -0.15) is 4.31 Å². The van der Waals surface area contributed by atoms with Crippen LogP contribution in [0.1, 0.15) is 38.2 Å². The Bertz CT molecular complexity index is 694. The zero-order chi connectivity index (χ0) is 18.6. The lowest BCUT2D eigenvalue weighted by molar-refractivity contribution is -0.917. The molecule has 0 spiro atoms. The van der Waals surface area contributed by atoms with E-state index >= 15 is 0 Å². The lowest BCUT2D eigenvalue weighted by Gasteiger charge is -2.34. The Morgan fingerprint density at radius 2 is 1.81 bits per heavy atom. The molecular weight excluding hydrogens is 350 g/mol. The Labute approximate surface area is 156 Å². The highest BCUT2D eigenvalue weighted by Gasteiger charge is 2.34. The van der Waals surface area contributed by atoms with Crippen molar-refractivity contribution < 1.29 is 18.1 Å². The molecule has 26 heavy (non-hydrogen) atoms. The lowest BCUT2D eigenvalue weighted by Crippen LogP contribution is -3.19. The Balaban J connectivity index is 1.50. The minimum Gasteiger partial charge on any atom is -0.348 e. The summed E-state index contributed by atoms with van der Waals surface area (Å²) in [6.07, 6.45) is 4.56. The van der Waals surface area contributed by atoms with Gasteiger partial charge in [-0.1, -0.05) is 43.2 Å². The fourth-order valence-corrected chi connectivity index (χ4v) is 5.48. The molecule has 1 aromatic rings. The third kappa shape index (κ3) is 4.84. The fourth-order valence-electron chi connectivity index (χ4n) is 3.94. The van der Waals surface area contributed by atoms with Gasteiger partial charge in [0.25, 0.3) is 5.91 Å². The predicted molar refractivity (Wildman–Crippen MR) is 101 cm³/mol. The van der Waals surface area contributed by atoms with Gasteiger partial charge in [0.1, 0.15) is 0 Å². The second kappa shape index (κ2) is 8.50. The third-order valence-corrected chi connectivity index (χ3v) is 7.51. The first-order chi connectivity index (χ1) is 12.5. The number of hydrogen-bond donors (Lipinski definition) is 2. The molecule has 0 unspecified atom stereocenters. The van der Waals surface area contributed by atoms with Gasteiger partial charge in [0.15, 0.2) is 6.04 Å². The quantitative estimate of drug-likeness (QED) is 0.739. The summed E-state index contributed by atoms with van der Waals surface area (Å²) in [5.74, 6) is 0.147. The number of hydrogen-bond acceptors (Lipinski definition) is 3. The van der Waals surface area contributed by atoms with E-state index in [1.165, 1.54) is 17.7 Å². The standard InChI is InChI=1S/C19H29N3O3S/c1-16(19(23)20-18-9-5-6-10-18)21-11-13-22(14-12-21)26(24,25)15-17-7-3-2-4-8-17/h2-4,7-8,16,18H,5-6,9-15H2,1H3,(H,20,23)/p+1/t16-/m1/s1. The van der Waals surface area contributed by atoms with Crippen molar-refractivity contribution in [2.45, 2.75) is 50.4 Å². The summed E-state index contributed by atoms with van der Waals surface area (Å²) < 4.78 is 26.8. The molecule has 0 radical (unpaired) electrons. The minimum atomic E-state index is -3.30. The van der Waals surface area contributed by atoms with Crippen LogP contribution in [0.3, 0.4) is 0 Å². The molecule has 1 saturated heterocycles. The zero-order valence-corrected chi connectivity index (χ0v) is 16.3. The molecule has 2 aliphatic rings. The van der Waals surface area contributed by atoms with Crippen LogP contribution in [-0.4, -0.2) is 56.9 Å². The Kier molecular flexibility index (Phi) is 6.32. The average molecular weight is 381 g/mol. The average Bonchev–Trinajstić information content (AvgIpc) is 3.14. The number of benzene rings is 1. The van der Waals surface area contributed by atoms with E-state index in [1.807, 2.05) is 37.3 Å². The molecule has 2 N–H and O–H groups in total. The van der Waals surface area contributed by atoms with Crippen molar-refractivity contribution >= 4 is 15.9 Å². The maximum Gasteiger partial charge on any atom is 0.278 e. The zero-order valence-electron chi connectivity index (χ0n) is 15.5. The fraction of sp³-hybridized carbons (Fsp3) is 0.632. The molecule has 3 rings (SSSR count). The molecule has 7 heteroatoms. The minimum absolute atomic E-state index is 0.0426. The molecule has 1 saturated carbocycles. The van der Waals surface area contributed by atoms with E-state index in [9.17, 15) is 13.2 Å². The second-order valence-electron chi connectivity index (χ2n) is 7.51. The Hall–Kier alpha value is -1.44. The molecule has 1 amide bonds. The van der Waals surface area contributed by atoms with Gasteiger partial charge >= 0.3 is 0 Å². The number of nitrogens with one attached hydrogen (secondary N) is 2. The van der Waals surface area contributed by atoms with Crippen LogP contribution >= 0.6 is 0 Å². The molecule has 6 nitrogen and oxygen atoms in total. The number of rotatable bonds is 6. The lowest BCUT2D eigenvalue weighted by atomic mass is 10.2. The topological polar surface area (TPSA) is 70.9 Å². The highest BCUT2D eigenvalue weighted by molar-refractivity contribution is 7.88. The predicted octanol–water partition coefficient (Wildman–Crippen LogP) is 0.164. The Morgan fingerprint density at radius 1 is 1.19 bits per heavy atom. The van der Waals surface area contributed by atoms with Crippen molar-refractivity contribution in [1.82, 2.24) is 9.62 Å². The number of amides is 1. The van der Waals surface area contributed by atoms with Crippen LogP contribution in [0.25, 0.3) is 0 Å². The first kappa shape index (κ1) is 19.3. The first-order valence-corrected chi connectivity index (χ1v) is 11.2. The molecule has 0 bridgehead atoms. The van der Waals surface area contributed by atoms with Crippen LogP contribution < -0.4 is 10.2 Å². The van der Waals surface area contributed by atoms with Crippen molar-refractivity contribution in [3.63, 3.8) is 0 Å². The van der Waals surface area contributed by atoms with Gasteiger partial charge in [0.05, 0.1) is 31.9 Å². The van der Waals surface area contributed by atoms with Crippen LogP contribution in [0, 0.1) is 0 Å². The molecule has 1 aliphatic heterocycles. The van der Waals surface area contributed by atoms with E-state index < -0.39 is 10.0 Å². The largest absolute Gasteiger partial charge is 0.348 e. The van der Waals surface area contributed by atoms with Crippen LogP contribution in [0.4, 0.5) is 0 Å². The molecule has 144 valence electrons. The van der Waals surface area contributed by atoms with E-state index in [1.54, 1.807) is 4.31 Å². The SMILES string of the molecule is C[C@H](C(=O)NC1CCCC1)[NH+]1CCN(S(=O)(=O)Cc2ccccc2)CC1. The van der Waals surface area contributed by atoms with Crippen molar-refractivity contribution in [3.8, 4) is 0 Å². The summed E-state index contributed by atoms with van der Waals surface area (Å²) in [4.78, 5) is 13.6. The summed E-state index contributed by atoms with van der Waals surface area (Å²) in [5, 5.41) is 3.16. The number of quaternary nitrogens is 1. The van der Waals surface area contributed by atoms with Crippen LogP contribution in [0.2, 0.25) is 0 Å². The molecule has 1 atom stereocenters. The number of carbonyl (C=O) groups excluding carboxylic acids is 1. The van der Waals surface area contributed by atoms with Gasteiger partial charge in [-0.05, 0) is 25.3 Å². The molecule has 1 aliphatic carbocycles. The van der Waals surface area contributed by atoms with Gasteiger partial charge in [-0.25, -0.2) is 8.42 Å². The molecule has 0 aromatic heterocycles. The summed E-state index contributed by atoms with van der Waals surface area (Å²) in [7, 11) is -3.30. The van der Waals surface area contributed by atoms with Gasteiger partial charge < -0.3 is 10.2 Å². The number of nitrogens with zero attached hydrogens (tertiary/aromatic N) is 1. The normalized spacial score (nSPS) is 21.6. The van der Waals surface area contributed by atoms with E-state index in [4.69, 9.17) is 0 Å². The molecule has 1 heterocycles. The number of piperazine rings is 1. The highest BCUT2D eigenvalue weighted by atomic mass is 32.2. The van der Waals surface area contributed by atoms with Gasteiger partial charge in [-0.15, -0.1) is 0 Å². The maximum absolute atomic E-state index is 12.6. The molecule has 1 aromatic carbocycles. The first-order valence-electron chi connectivity index (χ1n) is 9.62. The van der Waals surface area contributed by atoms with Crippen molar-refractivity contribution in [1.29, 1.82) is 0 Å². The summed E-state index contributed by atoms with van der Waals surface area (Å²) in [6, 6.07) is 9.49. The van der Waals surface area contributed by atoms with Crippen LogP contribution in [0.15, 0.2) is 30.3 Å². The summed E-state index contributed by atoms with van der Waals surface area (Å²) in [5.41, 5.74) is 0.812. The number of sulfonamides is 1. The van der Waals surface area contributed by atoms with E-state index in [-0.39, 0.29) is 17.7 Å². The van der Waals surface area contributed by atoms with E-state index in [0.29, 0.717) is 32.2 Å². The van der Waals surface area contributed by atoms with Crippen LogP contribution in [-0.2, 0) is 20.6 Å². The van der Waals surface area contributed by atoms with Gasteiger partial charge in [-0.3, -0.25) is 4.79 Å². The summed E-state index contributed by atoms with van der Waals surface area (Å²) >= 11 is 0. The molecular formula is C19H30N3O3S+. The third-order valence-electron chi connectivity index (χ3n) is 5.66. The van der Waals surface area contributed by atoms with E-state index in [2.05, 4.69) is 5.32 Å². The van der Waals surface area contributed by atoms with Gasteiger partial charge in [0.2, 0.25) is 10.0 Å². The summed E-state index contributed by atoms with van der Waals surface area (Å²) in [6.45, 7) is 4.26. The maximum atomic E-state index is 12.6. The van der Waals surface area contributed by atoms with Gasteiger partial charge in [0, 0.05) is 6.04 Å².